The zero-order valence-electron chi connectivity index (χ0n) is 15.8. The van der Waals surface area contributed by atoms with E-state index in [1.807, 2.05) is 23.1 Å². The number of amides is 1. The molecule has 140 valence electrons. The van der Waals surface area contributed by atoms with Crippen LogP contribution in [0.25, 0.3) is 10.8 Å². The molecule has 0 bridgehead atoms. The summed E-state index contributed by atoms with van der Waals surface area (Å²) in [5.41, 5.74) is 3.31. The minimum absolute atomic E-state index is 0.0168. The molecule has 1 aliphatic rings. The Morgan fingerprint density at radius 1 is 1.00 bits per heavy atom. The van der Waals surface area contributed by atoms with E-state index in [9.17, 15) is 4.79 Å². The Hall–Kier alpha value is -3.33. The van der Waals surface area contributed by atoms with Crippen LogP contribution in [0.1, 0.15) is 23.5 Å². The number of hydrogen-bond acceptors (Lipinski definition) is 2. The van der Waals surface area contributed by atoms with Crippen LogP contribution in [0, 0.1) is 0 Å². The molecule has 1 unspecified atom stereocenters. The van der Waals surface area contributed by atoms with Crippen LogP contribution < -0.4 is 9.64 Å². The number of rotatable bonds is 6. The Balaban J connectivity index is 1.84. The Labute approximate surface area is 165 Å². The van der Waals surface area contributed by atoms with E-state index in [2.05, 4.69) is 55.6 Å². The van der Waals surface area contributed by atoms with Gasteiger partial charge in [-0.3, -0.25) is 4.79 Å². The molecule has 0 fully saturated rings. The predicted octanol–water partition coefficient (Wildman–Crippen LogP) is 5.46. The van der Waals surface area contributed by atoms with Gasteiger partial charge in [-0.1, -0.05) is 61.2 Å². The smallest absolute Gasteiger partial charge is 0.228 e. The zero-order chi connectivity index (χ0) is 19.5. The lowest BCUT2D eigenvalue weighted by Gasteiger charge is -2.35. The molecule has 3 nitrogen and oxygen atoms in total. The Bertz CT molecular complexity index is 1040. The summed E-state index contributed by atoms with van der Waals surface area (Å²) in [6, 6.07) is 20.6. The second-order valence-corrected chi connectivity index (χ2v) is 6.94. The topological polar surface area (TPSA) is 29.5 Å². The predicted molar refractivity (Wildman–Crippen MR) is 115 cm³/mol. The van der Waals surface area contributed by atoms with Crippen LogP contribution >= 0.6 is 0 Å². The lowest BCUT2D eigenvalue weighted by atomic mass is 9.81. The highest BCUT2D eigenvalue weighted by Gasteiger charge is 2.33. The van der Waals surface area contributed by atoms with Crippen LogP contribution in [0.15, 0.2) is 86.0 Å². The molecule has 3 aromatic carbocycles. The quantitative estimate of drug-likeness (QED) is 0.540. The number of benzene rings is 3. The molecule has 3 heteroatoms. The third-order valence-electron chi connectivity index (χ3n) is 5.23. The number of anilines is 1. The molecule has 0 saturated heterocycles. The molecule has 0 saturated carbocycles. The number of carbonyl (C=O) groups excluding carboxylic acids is 1. The first-order chi connectivity index (χ1) is 13.7. The molecule has 0 N–H and O–H groups in total. The van der Waals surface area contributed by atoms with Crippen molar-refractivity contribution in [3.05, 3.63) is 97.1 Å². The molecule has 1 amide bonds. The first kappa shape index (κ1) is 18.1. The standard InChI is InChI=1S/C25H23NO2/c1-3-15-26-23-14-11-18-7-5-6-8-21(18)25(23)22(17-24(26)27)19-9-12-20(13-10-19)28-16-4-2/h3-14,22H,1-2,15-17H2. The molecule has 0 aromatic heterocycles. The van der Waals surface area contributed by atoms with E-state index >= 15 is 0 Å². The van der Waals surface area contributed by atoms with Gasteiger partial charge in [0.25, 0.3) is 0 Å². The molecule has 1 aliphatic heterocycles. The van der Waals surface area contributed by atoms with E-state index in [-0.39, 0.29) is 11.8 Å². The van der Waals surface area contributed by atoms with Gasteiger partial charge in [0.2, 0.25) is 5.91 Å². The lowest BCUT2D eigenvalue weighted by Crippen LogP contribution is -2.37. The van der Waals surface area contributed by atoms with Crippen molar-refractivity contribution in [1.82, 2.24) is 0 Å². The summed E-state index contributed by atoms with van der Waals surface area (Å²) in [6.07, 6.45) is 3.95. The number of nitrogens with zero attached hydrogens (tertiary/aromatic N) is 1. The van der Waals surface area contributed by atoms with Crippen molar-refractivity contribution < 1.29 is 9.53 Å². The third-order valence-corrected chi connectivity index (χ3v) is 5.23. The van der Waals surface area contributed by atoms with E-state index in [0.717, 1.165) is 17.0 Å². The first-order valence-electron chi connectivity index (χ1n) is 9.49. The van der Waals surface area contributed by atoms with E-state index in [0.29, 0.717) is 19.6 Å². The molecule has 1 heterocycles. The summed E-state index contributed by atoms with van der Waals surface area (Å²) in [6.45, 7) is 8.49. The molecular formula is C25H23NO2. The SMILES string of the molecule is C=CCOc1ccc(C2CC(=O)N(CC=C)c3ccc4ccccc4c32)cc1. The summed E-state index contributed by atoms with van der Waals surface area (Å²) >= 11 is 0. The molecule has 28 heavy (non-hydrogen) atoms. The summed E-state index contributed by atoms with van der Waals surface area (Å²) in [5.74, 6) is 0.944. The Morgan fingerprint density at radius 3 is 2.54 bits per heavy atom. The van der Waals surface area contributed by atoms with Gasteiger partial charge in [-0.2, -0.15) is 0 Å². The van der Waals surface area contributed by atoms with Gasteiger partial charge >= 0.3 is 0 Å². The molecular weight excluding hydrogens is 346 g/mol. The maximum absolute atomic E-state index is 12.9. The van der Waals surface area contributed by atoms with Crippen LogP contribution in [-0.2, 0) is 4.79 Å². The molecule has 1 atom stereocenters. The van der Waals surface area contributed by atoms with Gasteiger partial charge in [0.1, 0.15) is 12.4 Å². The van der Waals surface area contributed by atoms with Gasteiger partial charge in [0, 0.05) is 24.6 Å². The minimum Gasteiger partial charge on any atom is -0.490 e. The van der Waals surface area contributed by atoms with E-state index < -0.39 is 0 Å². The van der Waals surface area contributed by atoms with Gasteiger partial charge in [0.05, 0.1) is 0 Å². The van der Waals surface area contributed by atoms with Crippen molar-refractivity contribution in [2.45, 2.75) is 12.3 Å². The largest absolute Gasteiger partial charge is 0.490 e. The van der Waals surface area contributed by atoms with Crippen LogP contribution in [0.2, 0.25) is 0 Å². The van der Waals surface area contributed by atoms with Crippen LogP contribution in [-0.4, -0.2) is 19.1 Å². The number of hydrogen-bond donors (Lipinski definition) is 0. The van der Waals surface area contributed by atoms with E-state index in [4.69, 9.17) is 4.74 Å². The second kappa shape index (κ2) is 7.73. The minimum atomic E-state index is 0.0168. The Morgan fingerprint density at radius 2 is 1.79 bits per heavy atom. The third kappa shape index (κ3) is 3.20. The van der Waals surface area contributed by atoms with Gasteiger partial charge in [-0.25, -0.2) is 0 Å². The number of fused-ring (bicyclic) bond motifs is 3. The van der Waals surface area contributed by atoms with Gasteiger partial charge in [-0.05, 0) is 40.1 Å². The van der Waals surface area contributed by atoms with Crippen molar-refractivity contribution in [2.24, 2.45) is 0 Å². The average Bonchev–Trinajstić information content (AvgIpc) is 2.74. The molecule has 0 aliphatic carbocycles. The highest BCUT2D eigenvalue weighted by molar-refractivity contribution is 6.03. The summed E-state index contributed by atoms with van der Waals surface area (Å²) in [4.78, 5) is 14.8. The maximum Gasteiger partial charge on any atom is 0.228 e. The molecule has 3 aromatic rings. The van der Waals surface area contributed by atoms with E-state index in [1.165, 1.54) is 16.3 Å². The first-order valence-corrected chi connectivity index (χ1v) is 9.49. The van der Waals surface area contributed by atoms with Crippen molar-refractivity contribution in [3.63, 3.8) is 0 Å². The average molecular weight is 369 g/mol. The van der Waals surface area contributed by atoms with Crippen LogP contribution in [0.3, 0.4) is 0 Å². The van der Waals surface area contributed by atoms with Crippen LogP contribution in [0.5, 0.6) is 5.75 Å². The molecule has 4 rings (SSSR count). The molecule has 0 spiro atoms. The van der Waals surface area contributed by atoms with Crippen molar-refractivity contribution in [1.29, 1.82) is 0 Å². The highest BCUT2D eigenvalue weighted by atomic mass is 16.5. The fraction of sp³-hybridized carbons (Fsp3) is 0.160. The maximum atomic E-state index is 12.9. The van der Waals surface area contributed by atoms with Crippen molar-refractivity contribution in [2.75, 3.05) is 18.1 Å². The van der Waals surface area contributed by atoms with Crippen molar-refractivity contribution in [3.8, 4) is 5.75 Å². The van der Waals surface area contributed by atoms with Gasteiger partial charge in [-0.15, -0.1) is 6.58 Å². The summed E-state index contributed by atoms with van der Waals surface area (Å²) in [7, 11) is 0. The molecule has 0 radical (unpaired) electrons. The van der Waals surface area contributed by atoms with Gasteiger partial charge < -0.3 is 9.64 Å². The Kier molecular flexibility index (Phi) is 4.98. The fourth-order valence-electron chi connectivity index (χ4n) is 3.97. The van der Waals surface area contributed by atoms with Crippen LogP contribution in [0.4, 0.5) is 5.69 Å². The normalized spacial score (nSPS) is 15.9. The number of carbonyl (C=O) groups is 1. The second-order valence-electron chi connectivity index (χ2n) is 6.94. The monoisotopic (exact) mass is 369 g/mol. The number of ether oxygens (including phenoxy) is 1. The van der Waals surface area contributed by atoms with Crippen molar-refractivity contribution >= 4 is 22.4 Å². The lowest BCUT2D eigenvalue weighted by molar-refractivity contribution is -0.119. The zero-order valence-corrected chi connectivity index (χ0v) is 15.8. The summed E-state index contributed by atoms with van der Waals surface area (Å²) < 4.78 is 5.60. The van der Waals surface area contributed by atoms with E-state index in [1.54, 1.807) is 12.2 Å². The fourth-order valence-corrected chi connectivity index (χ4v) is 3.97. The van der Waals surface area contributed by atoms with Gasteiger partial charge in [0.15, 0.2) is 0 Å². The highest BCUT2D eigenvalue weighted by Crippen LogP contribution is 2.44. The summed E-state index contributed by atoms with van der Waals surface area (Å²) in [5, 5.41) is 2.38.